The zero-order valence-corrected chi connectivity index (χ0v) is 19.2. The Morgan fingerprint density at radius 3 is 2.65 bits per heavy atom. The number of aryl methyl sites for hydroxylation is 1. The fourth-order valence-corrected chi connectivity index (χ4v) is 3.73. The molecule has 4 rings (SSSR count). The lowest BCUT2D eigenvalue weighted by Gasteiger charge is -2.45. The molecule has 0 saturated carbocycles. The van der Waals surface area contributed by atoms with E-state index in [1.165, 1.54) is 13.2 Å². The lowest BCUT2D eigenvalue weighted by atomic mass is 9.85. The van der Waals surface area contributed by atoms with Gasteiger partial charge in [-0.3, -0.25) is 14.8 Å². The van der Waals surface area contributed by atoms with Crippen molar-refractivity contribution in [3.63, 3.8) is 0 Å². The number of ether oxygens (including phenoxy) is 1. The average molecular weight is 469 g/mol. The predicted octanol–water partition coefficient (Wildman–Crippen LogP) is 2.26. The number of carbonyl (C=O) groups excluding carboxylic acids is 2. The number of anilines is 3. The Balaban J connectivity index is 1.68. The molecule has 3 aromatic rings. The van der Waals surface area contributed by atoms with Crippen LogP contribution in [0.1, 0.15) is 28.4 Å². The Morgan fingerprint density at radius 1 is 1.21 bits per heavy atom. The molecule has 12 heteroatoms. The second-order valence-electron chi connectivity index (χ2n) is 8.65. The van der Waals surface area contributed by atoms with E-state index in [4.69, 9.17) is 8.85 Å². The molecule has 12 nitrogen and oxygen atoms in total. The summed E-state index contributed by atoms with van der Waals surface area (Å²) in [6.07, 6.45) is 1.55. The quantitative estimate of drug-likeness (QED) is 0.501. The number of likely N-dealkylation sites (tertiary alicyclic amines) is 1. The van der Waals surface area contributed by atoms with Gasteiger partial charge in [-0.1, -0.05) is 19.9 Å². The van der Waals surface area contributed by atoms with Crippen LogP contribution in [0.3, 0.4) is 0 Å². The van der Waals surface area contributed by atoms with Gasteiger partial charge in [0.15, 0.2) is 23.1 Å². The van der Waals surface area contributed by atoms with E-state index in [0.29, 0.717) is 35.9 Å². The summed E-state index contributed by atoms with van der Waals surface area (Å²) in [6, 6.07) is 6.24. The zero-order valence-electron chi connectivity index (χ0n) is 22.2. The Labute approximate surface area is 200 Å². The van der Waals surface area contributed by atoms with Crippen molar-refractivity contribution in [2.45, 2.75) is 13.8 Å². The van der Waals surface area contributed by atoms with Gasteiger partial charge in [-0.2, -0.15) is 5.10 Å². The number of carbonyl (C=O) groups is 2. The number of hydrogen-bond donors (Lipinski definition) is 3. The number of urea groups is 1. The van der Waals surface area contributed by atoms with Crippen LogP contribution in [0.4, 0.5) is 22.0 Å². The average Bonchev–Trinajstić information content (AvgIpc) is 3.22. The van der Waals surface area contributed by atoms with E-state index in [9.17, 15) is 9.59 Å². The van der Waals surface area contributed by atoms with Crippen molar-refractivity contribution in [1.29, 1.82) is 0 Å². The molecule has 1 fully saturated rings. The van der Waals surface area contributed by atoms with Crippen LogP contribution >= 0.6 is 0 Å². The Morgan fingerprint density at radius 2 is 2.00 bits per heavy atom. The highest BCUT2D eigenvalue weighted by atomic mass is 16.5. The van der Waals surface area contributed by atoms with Gasteiger partial charge >= 0.3 is 6.03 Å². The zero-order chi connectivity index (χ0) is 27.0. The van der Waals surface area contributed by atoms with Gasteiger partial charge in [0.25, 0.3) is 5.91 Å². The fourth-order valence-electron chi connectivity index (χ4n) is 3.73. The topological polar surface area (TPSA) is 139 Å². The number of rotatable bonds is 6. The van der Waals surface area contributed by atoms with Gasteiger partial charge in [0.2, 0.25) is 0 Å². The summed E-state index contributed by atoms with van der Waals surface area (Å²) >= 11 is 0. The number of nitrogens with one attached hydrogen (secondary N) is 3. The molecule has 3 heterocycles. The van der Waals surface area contributed by atoms with Gasteiger partial charge in [0.05, 0.1) is 24.0 Å². The number of nitrogens with zero attached hydrogens (tertiary/aromatic N) is 6. The van der Waals surface area contributed by atoms with E-state index in [0.717, 1.165) is 0 Å². The molecule has 1 aliphatic heterocycles. The number of hydrogen-bond acceptors (Lipinski definition) is 8. The van der Waals surface area contributed by atoms with Crippen LogP contribution in [0, 0.1) is 5.41 Å². The van der Waals surface area contributed by atoms with Crippen LogP contribution in [0.2, 0.25) is 0 Å². The summed E-state index contributed by atoms with van der Waals surface area (Å²) in [5.41, 5.74) is 0.850. The molecule has 1 aromatic carbocycles. The highest BCUT2D eigenvalue weighted by molar-refractivity contribution is 5.99. The third kappa shape index (κ3) is 4.60. The fraction of sp³-hybridized carbons (Fsp3) is 0.364. The highest BCUT2D eigenvalue weighted by Crippen LogP contribution is 2.37. The van der Waals surface area contributed by atoms with Crippen LogP contribution in [0.5, 0.6) is 5.75 Å². The van der Waals surface area contributed by atoms with E-state index in [1.807, 2.05) is 5.32 Å². The second-order valence-corrected chi connectivity index (χ2v) is 8.65. The van der Waals surface area contributed by atoms with Crippen LogP contribution in [0.25, 0.3) is 11.4 Å². The minimum absolute atomic E-state index is 0.0387. The standard InChI is InChI=1S/C22H27N9O3/c1-22(2)10-31(11-22)21(33)26-16-9-15(17(28-27-16)20(32)23-3)25-14-8-6-7-13(18(14)34-5)19-24-12-30(4)29-19/h6-9,12H,10-11H2,1-5H3,(H,23,32)(H2,25,26,27,33)/i3D3. The molecule has 2 aromatic heterocycles. The highest BCUT2D eigenvalue weighted by Gasteiger charge is 2.37. The second kappa shape index (κ2) is 8.96. The van der Waals surface area contributed by atoms with Crippen molar-refractivity contribution in [2.75, 3.05) is 37.8 Å². The molecular weight excluding hydrogens is 438 g/mol. The monoisotopic (exact) mass is 468 g/mol. The van der Waals surface area contributed by atoms with E-state index >= 15 is 0 Å². The summed E-state index contributed by atoms with van der Waals surface area (Å²) in [5, 5.41) is 19.8. The maximum atomic E-state index is 12.7. The van der Waals surface area contributed by atoms with Crippen molar-refractivity contribution in [1.82, 2.24) is 35.2 Å². The van der Waals surface area contributed by atoms with Gasteiger partial charge in [0, 0.05) is 42.7 Å². The summed E-state index contributed by atoms with van der Waals surface area (Å²) in [4.78, 5) is 31.2. The third-order valence-corrected chi connectivity index (χ3v) is 5.21. The van der Waals surface area contributed by atoms with Crippen molar-refractivity contribution >= 4 is 29.1 Å². The first kappa shape index (κ1) is 19.3. The molecule has 0 spiro atoms. The molecule has 0 aliphatic carbocycles. The molecule has 0 unspecified atom stereocenters. The molecule has 0 atom stereocenters. The Hall–Kier alpha value is -4.22. The van der Waals surface area contributed by atoms with Gasteiger partial charge in [-0.05, 0) is 12.1 Å². The largest absolute Gasteiger partial charge is 0.494 e. The summed E-state index contributed by atoms with van der Waals surface area (Å²) < 4.78 is 29.3. The Bertz CT molecular complexity index is 1330. The molecule has 34 heavy (non-hydrogen) atoms. The SMILES string of the molecule is [2H]C([2H])([2H])NC(=O)c1nnc(NC(=O)N2CC(C)(C)C2)cc1Nc1cccc(-c2ncn(C)n2)c1OC. The smallest absolute Gasteiger partial charge is 0.323 e. The molecule has 3 amide bonds. The summed E-state index contributed by atoms with van der Waals surface area (Å²) in [7, 11) is 3.21. The molecule has 0 bridgehead atoms. The van der Waals surface area contributed by atoms with Gasteiger partial charge in [-0.25, -0.2) is 9.78 Å². The first-order valence-electron chi connectivity index (χ1n) is 11.9. The van der Waals surface area contributed by atoms with E-state index in [2.05, 4.69) is 44.8 Å². The number of aromatic nitrogens is 5. The lowest BCUT2D eigenvalue weighted by Crippen LogP contribution is -2.56. The van der Waals surface area contributed by atoms with Crippen LogP contribution in [0.15, 0.2) is 30.6 Å². The number of para-hydroxylation sites is 1. The number of amides is 3. The van der Waals surface area contributed by atoms with Crippen molar-refractivity contribution in [3.8, 4) is 17.1 Å². The van der Waals surface area contributed by atoms with Crippen molar-refractivity contribution < 1.29 is 18.4 Å². The molecule has 0 radical (unpaired) electrons. The first-order chi connectivity index (χ1) is 17.3. The predicted molar refractivity (Wildman–Crippen MR) is 126 cm³/mol. The van der Waals surface area contributed by atoms with Crippen LogP contribution in [-0.2, 0) is 7.05 Å². The minimum Gasteiger partial charge on any atom is -0.494 e. The van der Waals surface area contributed by atoms with Crippen molar-refractivity contribution in [3.05, 3.63) is 36.3 Å². The normalized spacial score (nSPS) is 15.9. The third-order valence-electron chi connectivity index (χ3n) is 5.21. The minimum atomic E-state index is -2.74. The van der Waals surface area contributed by atoms with Gasteiger partial charge < -0.3 is 20.3 Å². The molecule has 3 N–H and O–H groups in total. The molecule has 1 aliphatic rings. The van der Waals surface area contributed by atoms with Crippen LogP contribution in [-0.4, -0.2) is 69.0 Å². The molecule has 1 saturated heterocycles. The number of methoxy groups -OCH3 is 1. The maximum absolute atomic E-state index is 12.7. The summed E-state index contributed by atoms with van der Waals surface area (Å²) in [6.45, 7) is 2.54. The molecular formula is C22H27N9O3. The lowest BCUT2D eigenvalue weighted by molar-refractivity contribution is 0.0687. The van der Waals surface area contributed by atoms with E-state index in [1.54, 1.807) is 41.2 Å². The van der Waals surface area contributed by atoms with Crippen LogP contribution < -0.4 is 20.7 Å². The van der Waals surface area contributed by atoms with Crippen molar-refractivity contribution in [2.24, 2.45) is 12.5 Å². The van der Waals surface area contributed by atoms with E-state index < -0.39 is 12.9 Å². The van der Waals surface area contributed by atoms with E-state index in [-0.39, 0.29) is 28.6 Å². The Kier molecular flexibility index (Phi) is 5.08. The maximum Gasteiger partial charge on any atom is 0.323 e. The summed E-state index contributed by atoms with van der Waals surface area (Å²) in [5.74, 6) is -0.106. The molecule has 178 valence electrons. The number of benzene rings is 1. The first-order valence-corrected chi connectivity index (χ1v) is 10.4. The van der Waals surface area contributed by atoms with Gasteiger partial charge in [0.1, 0.15) is 6.33 Å². The van der Waals surface area contributed by atoms with Gasteiger partial charge in [-0.15, -0.1) is 10.2 Å².